The Morgan fingerprint density at radius 3 is 2.78 bits per heavy atom. The lowest BCUT2D eigenvalue weighted by Crippen LogP contribution is -2.41. The van der Waals surface area contributed by atoms with Crippen molar-refractivity contribution in [3.63, 3.8) is 0 Å². The number of carboxylic acids is 1. The maximum absolute atomic E-state index is 11.9. The second-order valence-electron chi connectivity index (χ2n) is 5.07. The molecule has 1 fully saturated rings. The lowest BCUT2D eigenvalue weighted by molar-refractivity contribution is -0.137. The molecule has 0 spiro atoms. The second-order valence-corrected chi connectivity index (χ2v) is 6.88. The van der Waals surface area contributed by atoms with E-state index < -0.39 is 5.97 Å². The third-order valence-corrected chi connectivity index (χ3v) is 4.34. The highest BCUT2D eigenvalue weighted by atomic mass is 32.2. The van der Waals surface area contributed by atoms with Gasteiger partial charge in [0.2, 0.25) is 0 Å². The highest BCUT2D eigenvalue weighted by Gasteiger charge is 2.25. The number of amides is 2. The van der Waals surface area contributed by atoms with Gasteiger partial charge in [-0.1, -0.05) is 13.8 Å². The Hall–Kier alpha value is -0.910. The first-order valence-electron chi connectivity index (χ1n) is 6.29. The molecule has 1 rings (SSSR count). The van der Waals surface area contributed by atoms with E-state index in [2.05, 4.69) is 19.2 Å². The monoisotopic (exact) mass is 274 g/mol. The first-order valence-corrected chi connectivity index (χ1v) is 7.28. The minimum atomic E-state index is -0.822. The van der Waals surface area contributed by atoms with Crippen LogP contribution in [0.15, 0.2) is 0 Å². The molecule has 1 aliphatic heterocycles. The fraction of sp³-hybridized carbons (Fsp3) is 0.833. The van der Waals surface area contributed by atoms with Crippen LogP contribution >= 0.6 is 11.8 Å². The van der Waals surface area contributed by atoms with Gasteiger partial charge in [-0.3, -0.25) is 4.79 Å². The Balaban J connectivity index is 2.27. The summed E-state index contributed by atoms with van der Waals surface area (Å²) in [5, 5.41) is 11.3. The van der Waals surface area contributed by atoms with Crippen LogP contribution in [0.5, 0.6) is 0 Å². The molecule has 2 N–H and O–H groups in total. The number of thioether (sulfide) groups is 1. The molecule has 1 heterocycles. The van der Waals surface area contributed by atoms with Gasteiger partial charge >= 0.3 is 12.0 Å². The summed E-state index contributed by atoms with van der Waals surface area (Å²) in [5.41, 5.74) is 0. The zero-order chi connectivity index (χ0) is 13.6. The van der Waals surface area contributed by atoms with Crippen LogP contribution in [0.2, 0.25) is 0 Å². The van der Waals surface area contributed by atoms with Crippen molar-refractivity contribution < 1.29 is 14.7 Å². The molecule has 0 aromatic carbocycles. The summed E-state index contributed by atoms with van der Waals surface area (Å²) >= 11 is 1.90. The van der Waals surface area contributed by atoms with Crippen LogP contribution in [0, 0.1) is 0 Å². The molecule has 5 nitrogen and oxygen atoms in total. The Labute approximate surface area is 112 Å². The normalized spacial score (nSPS) is 19.1. The van der Waals surface area contributed by atoms with E-state index in [0.29, 0.717) is 13.0 Å². The van der Waals surface area contributed by atoms with Crippen LogP contribution in [0.25, 0.3) is 0 Å². The Bertz CT molecular complexity index is 308. The summed E-state index contributed by atoms with van der Waals surface area (Å²) < 4.78 is 0.234. The zero-order valence-corrected chi connectivity index (χ0v) is 11.9. The van der Waals surface area contributed by atoms with Crippen LogP contribution in [0.3, 0.4) is 0 Å². The smallest absolute Gasteiger partial charge is 0.317 e. The minimum Gasteiger partial charge on any atom is -0.481 e. The Morgan fingerprint density at radius 2 is 2.11 bits per heavy atom. The molecule has 0 bridgehead atoms. The van der Waals surface area contributed by atoms with E-state index in [1.807, 2.05) is 16.7 Å². The number of hydrogen-bond acceptors (Lipinski definition) is 3. The summed E-state index contributed by atoms with van der Waals surface area (Å²) in [5.74, 6) is 0.132. The first kappa shape index (κ1) is 15.1. The van der Waals surface area contributed by atoms with Gasteiger partial charge in [0.15, 0.2) is 0 Å². The third-order valence-electron chi connectivity index (χ3n) is 2.97. The van der Waals surface area contributed by atoms with Gasteiger partial charge in [-0.25, -0.2) is 4.79 Å². The van der Waals surface area contributed by atoms with Gasteiger partial charge in [-0.15, -0.1) is 0 Å². The van der Waals surface area contributed by atoms with Gasteiger partial charge in [-0.2, -0.15) is 11.8 Å². The number of carboxylic acid groups (broad SMARTS) is 1. The van der Waals surface area contributed by atoms with Crippen molar-refractivity contribution in [3.05, 3.63) is 0 Å². The van der Waals surface area contributed by atoms with Gasteiger partial charge in [0, 0.05) is 36.6 Å². The molecule has 104 valence electrons. The van der Waals surface area contributed by atoms with E-state index in [0.717, 1.165) is 25.3 Å². The zero-order valence-electron chi connectivity index (χ0n) is 11.1. The molecule has 1 aliphatic rings. The summed E-state index contributed by atoms with van der Waals surface area (Å²) in [4.78, 5) is 24.0. The SMILES string of the molecule is CC1(C)CCN(C(=O)NCCCC(=O)O)CCS1. The molecular weight excluding hydrogens is 252 g/mol. The molecule has 0 saturated carbocycles. The number of carbonyl (C=O) groups excluding carboxylic acids is 1. The van der Waals surface area contributed by atoms with Crippen molar-refractivity contribution in [1.82, 2.24) is 10.2 Å². The molecule has 18 heavy (non-hydrogen) atoms. The number of nitrogens with zero attached hydrogens (tertiary/aromatic N) is 1. The fourth-order valence-electron chi connectivity index (χ4n) is 1.77. The summed E-state index contributed by atoms with van der Waals surface area (Å²) in [6.07, 6.45) is 1.57. The summed E-state index contributed by atoms with van der Waals surface area (Å²) in [7, 11) is 0. The number of rotatable bonds is 4. The average Bonchev–Trinajstić information content (AvgIpc) is 2.45. The fourth-order valence-corrected chi connectivity index (χ4v) is 2.87. The molecule has 0 radical (unpaired) electrons. The predicted octanol–water partition coefficient (Wildman–Crippen LogP) is 1.78. The van der Waals surface area contributed by atoms with E-state index in [1.54, 1.807) is 0 Å². The van der Waals surface area contributed by atoms with Crippen molar-refractivity contribution in [2.75, 3.05) is 25.4 Å². The van der Waals surface area contributed by atoms with Crippen molar-refractivity contribution in [1.29, 1.82) is 0 Å². The highest BCUT2D eigenvalue weighted by Crippen LogP contribution is 2.30. The standard InChI is InChI=1S/C12H22N2O3S/c1-12(2)5-7-14(8-9-18-12)11(17)13-6-3-4-10(15)16/h3-9H2,1-2H3,(H,13,17)(H,15,16). The van der Waals surface area contributed by atoms with Gasteiger partial charge < -0.3 is 15.3 Å². The maximum Gasteiger partial charge on any atom is 0.317 e. The molecule has 2 amide bonds. The van der Waals surface area contributed by atoms with Gasteiger partial charge in [-0.05, 0) is 12.8 Å². The largest absolute Gasteiger partial charge is 0.481 e. The van der Waals surface area contributed by atoms with Crippen LogP contribution in [-0.4, -0.2) is 52.1 Å². The first-order chi connectivity index (χ1) is 8.41. The molecule has 0 aromatic heterocycles. The Kier molecular flexibility index (Phi) is 5.78. The molecular formula is C12H22N2O3S. The van der Waals surface area contributed by atoms with Gasteiger partial charge in [0.05, 0.1) is 0 Å². The molecule has 1 saturated heterocycles. The number of nitrogens with one attached hydrogen (secondary N) is 1. The lowest BCUT2D eigenvalue weighted by Gasteiger charge is -2.22. The lowest BCUT2D eigenvalue weighted by atomic mass is 10.1. The van der Waals surface area contributed by atoms with Crippen LogP contribution in [0.1, 0.15) is 33.1 Å². The van der Waals surface area contributed by atoms with Crippen LogP contribution < -0.4 is 5.32 Å². The van der Waals surface area contributed by atoms with E-state index in [4.69, 9.17) is 5.11 Å². The number of urea groups is 1. The quantitative estimate of drug-likeness (QED) is 0.767. The van der Waals surface area contributed by atoms with E-state index in [-0.39, 0.29) is 17.2 Å². The Morgan fingerprint density at radius 1 is 1.39 bits per heavy atom. The molecule has 0 unspecified atom stereocenters. The number of carbonyl (C=O) groups is 2. The van der Waals surface area contributed by atoms with Crippen molar-refractivity contribution in [3.8, 4) is 0 Å². The third kappa shape index (κ3) is 5.62. The topological polar surface area (TPSA) is 69.6 Å². The summed E-state index contributed by atoms with van der Waals surface area (Å²) in [6, 6.07) is -0.0707. The summed E-state index contributed by atoms with van der Waals surface area (Å²) in [6.45, 7) is 6.36. The molecule has 0 aliphatic carbocycles. The van der Waals surface area contributed by atoms with E-state index in [9.17, 15) is 9.59 Å². The van der Waals surface area contributed by atoms with E-state index >= 15 is 0 Å². The van der Waals surface area contributed by atoms with Gasteiger partial charge in [0.1, 0.15) is 0 Å². The van der Waals surface area contributed by atoms with Crippen molar-refractivity contribution >= 4 is 23.8 Å². The van der Waals surface area contributed by atoms with Crippen molar-refractivity contribution in [2.45, 2.75) is 37.9 Å². The van der Waals surface area contributed by atoms with Gasteiger partial charge in [0.25, 0.3) is 0 Å². The average molecular weight is 274 g/mol. The van der Waals surface area contributed by atoms with Crippen molar-refractivity contribution in [2.24, 2.45) is 0 Å². The van der Waals surface area contributed by atoms with Crippen LogP contribution in [-0.2, 0) is 4.79 Å². The molecule has 0 atom stereocenters. The van der Waals surface area contributed by atoms with E-state index in [1.165, 1.54) is 0 Å². The highest BCUT2D eigenvalue weighted by molar-refractivity contribution is 8.00. The minimum absolute atomic E-state index is 0.0707. The second kappa shape index (κ2) is 6.87. The molecule has 0 aromatic rings. The van der Waals surface area contributed by atoms with Crippen LogP contribution in [0.4, 0.5) is 4.79 Å². The number of hydrogen-bond donors (Lipinski definition) is 2. The predicted molar refractivity (Wildman–Crippen MR) is 73.0 cm³/mol. The number of aliphatic carboxylic acids is 1. The molecule has 6 heteroatoms. The maximum atomic E-state index is 11.9.